The molecule has 2 atom stereocenters. The number of aromatic nitrogens is 1. The first-order chi connectivity index (χ1) is 12.2. The molecular weight excluding hydrogens is 332 g/mol. The standard InChI is InChI=1S/C19H30N4O3/c1-13-8-22(14(7-20-13)11-26-5)10-18(25)23-12-19(2,3)15-6-17(24)21(4)9-16(15)23/h6,9,13-14,20H,7-8,10-12H2,1-5H3/t13-,14-/m1/s1. The summed E-state index contributed by atoms with van der Waals surface area (Å²) in [6, 6.07) is 2.21. The van der Waals surface area contributed by atoms with Crippen LogP contribution in [-0.2, 0) is 22.0 Å². The van der Waals surface area contributed by atoms with E-state index in [0.717, 1.165) is 24.3 Å². The molecule has 7 nitrogen and oxygen atoms in total. The highest BCUT2D eigenvalue weighted by Gasteiger charge is 2.39. The second-order valence-corrected chi connectivity index (χ2v) is 8.23. The highest BCUT2D eigenvalue weighted by Crippen LogP contribution is 2.39. The Balaban J connectivity index is 1.83. The third-order valence-electron chi connectivity index (χ3n) is 5.51. The smallest absolute Gasteiger partial charge is 0.250 e. The van der Waals surface area contributed by atoms with Gasteiger partial charge in [-0.3, -0.25) is 14.5 Å². The number of methoxy groups -OCH3 is 1. The number of piperazine rings is 1. The SMILES string of the molecule is COC[C@H]1CN[C@H](C)CN1CC(=O)N1CC(C)(C)c2cc(=O)n(C)cc21. The van der Waals surface area contributed by atoms with Gasteiger partial charge in [0.25, 0.3) is 5.56 Å². The van der Waals surface area contributed by atoms with E-state index in [9.17, 15) is 9.59 Å². The molecule has 0 radical (unpaired) electrons. The van der Waals surface area contributed by atoms with Gasteiger partial charge in [0.05, 0.1) is 18.8 Å². The van der Waals surface area contributed by atoms with Crippen molar-refractivity contribution in [2.75, 3.05) is 44.8 Å². The van der Waals surface area contributed by atoms with Gasteiger partial charge in [-0.05, 0) is 12.5 Å². The van der Waals surface area contributed by atoms with Gasteiger partial charge in [0.1, 0.15) is 0 Å². The van der Waals surface area contributed by atoms with E-state index < -0.39 is 0 Å². The predicted octanol–water partition coefficient (Wildman–Crippen LogP) is 0.318. The molecule has 144 valence electrons. The number of ether oxygens (including phenoxy) is 1. The summed E-state index contributed by atoms with van der Waals surface area (Å²) in [5.41, 5.74) is 1.55. The van der Waals surface area contributed by atoms with Gasteiger partial charge in [0.2, 0.25) is 5.91 Å². The molecule has 0 bridgehead atoms. The third-order valence-corrected chi connectivity index (χ3v) is 5.51. The van der Waals surface area contributed by atoms with Crippen LogP contribution < -0.4 is 15.8 Å². The van der Waals surface area contributed by atoms with Gasteiger partial charge in [-0.1, -0.05) is 13.8 Å². The van der Waals surface area contributed by atoms with Crippen LogP contribution >= 0.6 is 0 Å². The highest BCUT2D eigenvalue weighted by molar-refractivity contribution is 5.97. The minimum absolute atomic E-state index is 0.0396. The van der Waals surface area contributed by atoms with Crippen molar-refractivity contribution in [2.45, 2.75) is 38.3 Å². The van der Waals surface area contributed by atoms with E-state index in [1.807, 2.05) is 4.90 Å². The van der Waals surface area contributed by atoms with Crippen molar-refractivity contribution in [3.8, 4) is 0 Å². The number of hydrogen-bond acceptors (Lipinski definition) is 5. The Morgan fingerprint density at radius 3 is 2.85 bits per heavy atom. The maximum absolute atomic E-state index is 13.2. The quantitative estimate of drug-likeness (QED) is 0.836. The van der Waals surface area contributed by atoms with Crippen LogP contribution in [-0.4, -0.2) is 67.4 Å². The van der Waals surface area contributed by atoms with E-state index in [1.165, 1.54) is 0 Å². The van der Waals surface area contributed by atoms with Crippen molar-refractivity contribution in [2.24, 2.45) is 7.05 Å². The Morgan fingerprint density at radius 1 is 1.42 bits per heavy atom. The molecule has 1 aromatic heterocycles. The monoisotopic (exact) mass is 362 g/mol. The van der Waals surface area contributed by atoms with Crippen LogP contribution in [0.15, 0.2) is 17.1 Å². The molecule has 0 aliphatic carbocycles. The molecule has 1 saturated heterocycles. The molecule has 2 aliphatic rings. The van der Waals surface area contributed by atoms with E-state index in [0.29, 0.717) is 25.7 Å². The summed E-state index contributed by atoms with van der Waals surface area (Å²) in [7, 11) is 3.42. The molecule has 3 heterocycles. The first-order valence-corrected chi connectivity index (χ1v) is 9.21. The lowest BCUT2D eigenvalue weighted by molar-refractivity contribution is -0.121. The minimum Gasteiger partial charge on any atom is -0.383 e. The Bertz CT molecular complexity index is 743. The summed E-state index contributed by atoms with van der Waals surface area (Å²) in [6.07, 6.45) is 1.79. The van der Waals surface area contributed by atoms with Gasteiger partial charge in [-0.2, -0.15) is 0 Å². The summed E-state index contributed by atoms with van der Waals surface area (Å²) >= 11 is 0. The van der Waals surface area contributed by atoms with Crippen molar-refractivity contribution in [3.63, 3.8) is 0 Å². The number of aryl methyl sites for hydroxylation is 1. The van der Waals surface area contributed by atoms with Gasteiger partial charge in [0, 0.05) is 63.6 Å². The first kappa shape index (κ1) is 19.1. The molecule has 1 aromatic rings. The number of carbonyl (C=O) groups excluding carboxylic acids is 1. The summed E-state index contributed by atoms with van der Waals surface area (Å²) in [5, 5.41) is 3.45. The summed E-state index contributed by atoms with van der Waals surface area (Å²) in [5.74, 6) is 0.0747. The molecule has 1 fully saturated rings. The summed E-state index contributed by atoms with van der Waals surface area (Å²) < 4.78 is 6.87. The zero-order valence-electron chi connectivity index (χ0n) is 16.4. The lowest BCUT2D eigenvalue weighted by Crippen LogP contribution is -2.59. The van der Waals surface area contributed by atoms with Crippen LogP contribution in [0.1, 0.15) is 26.3 Å². The number of nitrogens with zero attached hydrogens (tertiary/aromatic N) is 3. The van der Waals surface area contributed by atoms with E-state index in [-0.39, 0.29) is 22.9 Å². The van der Waals surface area contributed by atoms with E-state index in [1.54, 1.807) is 31.0 Å². The molecule has 0 spiro atoms. The number of pyridine rings is 1. The number of nitrogens with one attached hydrogen (secondary N) is 1. The molecule has 0 saturated carbocycles. The second-order valence-electron chi connectivity index (χ2n) is 8.23. The highest BCUT2D eigenvalue weighted by atomic mass is 16.5. The van der Waals surface area contributed by atoms with Crippen LogP contribution in [0.5, 0.6) is 0 Å². The van der Waals surface area contributed by atoms with Gasteiger partial charge >= 0.3 is 0 Å². The molecule has 0 aromatic carbocycles. The van der Waals surface area contributed by atoms with Crippen molar-refractivity contribution < 1.29 is 9.53 Å². The first-order valence-electron chi connectivity index (χ1n) is 9.21. The largest absolute Gasteiger partial charge is 0.383 e. The zero-order valence-corrected chi connectivity index (χ0v) is 16.4. The molecule has 1 amide bonds. The van der Waals surface area contributed by atoms with Crippen molar-refractivity contribution in [1.29, 1.82) is 0 Å². The molecule has 2 aliphatic heterocycles. The van der Waals surface area contributed by atoms with E-state index in [2.05, 4.69) is 31.0 Å². The number of fused-ring (bicyclic) bond motifs is 1. The molecule has 0 unspecified atom stereocenters. The van der Waals surface area contributed by atoms with Crippen molar-refractivity contribution >= 4 is 11.6 Å². The maximum Gasteiger partial charge on any atom is 0.250 e. The Kier molecular flexibility index (Phi) is 5.23. The number of rotatable bonds is 4. The van der Waals surface area contributed by atoms with Crippen LogP contribution in [0.4, 0.5) is 5.69 Å². The third kappa shape index (κ3) is 3.56. The topological polar surface area (TPSA) is 66.8 Å². The summed E-state index contributed by atoms with van der Waals surface area (Å²) in [6.45, 7) is 9.49. The molecule has 26 heavy (non-hydrogen) atoms. The minimum atomic E-state index is -0.221. The average Bonchev–Trinajstić information content (AvgIpc) is 2.82. The fourth-order valence-corrected chi connectivity index (χ4v) is 4.00. The Hall–Kier alpha value is -1.70. The molecule has 3 rings (SSSR count). The number of carbonyl (C=O) groups is 1. The van der Waals surface area contributed by atoms with Crippen LogP contribution in [0.2, 0.25) is 0 Å². The van der Waals surface area contributed by atoms with Gasteiger partial charge < -0.3 is 19.5 Å². The van der Waals surface area contributed by atoms with E-state index >= 15 is 0 Å². The summed E-state index contributed by atoms with van der Waals surface area (Å²) in [4.78, 5) is 29.2. The Labute approximate surface area is 154 Å². The number of hydrogen-bond donors (Lipinski definition) is 1. The van der Waals surface area contributed by atoms with Crippen LogP contribution in [0, 0.1) is 0 Å². The van der Waals surface area contributed by atoms with Crippen LogP contribution in [0.3, 0.4) is 0 Å². The Morgan fingerprint density at radius 2 is 2.15 bits per heavy atom. The van der Waals surface area contributed by atoms with Crippen LogP contribution in [0.25, 0.3) is 0 Å². The fourth-order valence-electron chi connectivity index (χ4n) is 4.00. The average molecular weight is 362 g/mol. The normalized spacial score (nSPS) is 25.3. The predicted molar refractivity (Wildman–Crippen MR) is 102 cm³/mol. The zero-order chi connectivity index (χ0) is 19.1. The maximum atomic E-state index is 13.2. The second kappa shape index (κ2) is 7.13. The van der Waals surface area contributed by atoms with Crippen molar-refractivity contribution in [3.05, 3.63) is 28.2 Å². The van der Waals surface area contributed by atoms with Gasteiger partial charge in [0.15, 0.2) is 0 Å². The molecule has 7 heteroatoms. The molecular formula is C19H30N4O3. The van der Waals surface area contributed by atoms with Gasteiger partial charge in [-0.15, -0.1) is 0 Å². The fraction of sp³-hybridized carbons (Fsp3) is 0.684. The van der Waals surface area contributed by atoms with E-state index in [4.69, 9.17) is 4.74 Å². The number of anilines is 1. The van der Waals surface area contributed by atoms with Gasteiger partial charge in [-0.25, -0.2) is 0 Å². The lowest BCUT2D eigenvalue weighted by atomic mass is 9.87. The number of amides is 1. The van der Waals surface area contributed by atoms with Crippen molar-refractivity contribution in [1.82, 2.24) is 14.8 Å². The molecule has 1 N–H and O–H groups in total. The lowest BCUT2D eigenvalue weighted by Gasteiger charge is -2.39.